The fourth-order valence-electron chi connectivity index (χ4n) is 3.63. The summed E-state index contributed by atoms with van der Waals surface area (Å²) in [5, 5.41) is 3.64. The smallest absolute Gasteiger partial charge is 0.238 e. The number of anilines is 1. The lowest BCUT2D eigenvalue weighted by molar-refractivity contribution is -0.117. The molecule has 0 bridgehead atoms. The van der Waals surface area contributed by atoms with Crippen LogP contribution < -0.4 is 14.8 Å². The number of nitrogens with zero attached hydrogens (tertiary/aromatic N) is 1. The molecule has 7 heteroatoms. The molecule has 2 aliphatic heterocycles. The van der Waals surface area contributed by atoms with E-state index in [-0.39, 0.29) is 11.9 Å². The average Bonchev–Trinajstić information content (AvgIpc) is 3.13. The molecule has 1 amide bonds. The molecular formula is C20H20Cl2N2O3. The zero-order valence-corrected chi connectivity index (χ0v) is 16.2. The van der Waals surface area contributed by atoms with E-state index in [9.17, 15) is 4.79 Å². The van der Waals surface area contributed by atoms with Crippen LogP contribution >= 0.6 is 23.2 Å². The molecule has 0 spiro atoms. The van der Waals surface area contributed by atoms with E-state index in [1.165, 1.54) is 0 Å². The number of ether oxygens (including phenoxy) is 2. The van der Waals surface area contributed by atoms with Crippen molar-refractivity contribution in [3.05, 3.63) is 52.0 Å². The molecule has 0 radical (unpaired) electrons. The molecule has 0 aliphatic carbocycles. The van der Waals surface area contributed by atoms with Crippen molar-refractivity contribution in [2.45, 2.75) is 18.9 Å². The Balaban J connectivity index is 1.45. The maximum atomic E-state index is 12.5. The van der Waals surface area contributed by atoms with Gasteiger partial charge in [-0.05, 0) is 49.2 Å². The van der Waals surface area contributed by atoms with Gasteiger partial charge in [0.2, 0.25) is 5.91 Å². The van der Waals surface area contributed by atoms with Gasteiger partial charge in [0.1, 0.15) is 13.2 Å². The monoisotopic (exact) mass is 406 g/mol. The molecule has 1 saturated heterocycles. The van der Waals surface area contributed by atoms with Crippen LogP contribution in [-0.4, -0.2) is 37.1 Å². The van der Waals surface area contributed by atoms with Crippen molar-refractivity contribution in [3.8, 4) is 11.5 Å². The van der Waals surface area contributed by atoms with Crippen molar-refractivity contribution in [1.82, 2.24) is 4.90 Å². The minimum Gasteiger partial charge on any atom is -0.486 e. The van der Waals surface area contributed by atoms with Crippen LogP contribution in [-0.2, 0) is 4.79 Å². The Bertz CT molecular complexity index is 859. The minimum absolute atomic E-state index is 0.108. The van der Waals surface area contributed by atoms with Crippen LogP contribution in [0.2, 0.25) is 10.0 Å². The minimum atomic E-state index is -0.108. The van der Waals surface area contributed by atoms with Crippen LogP contribution in [0, 0.1) is 0 Å². The van der Waals surface area contributed by atoms with E-state index in [2.05, 4.69) is 16.3 Å². The van der Waals surface area contributed by atoms with Crippen LogP contribution in [0.15, 0.2) is 36.4 Å². The molecule has 0 saturated carbocycles. The fourth-order valence-corrected chi connectivity index (χ4v) is 3.98. The van der Waals surface area contributed by atoms with Gasteiger partial charge in [-0.15, -0.1) is 0 Å². The van der Waals surface area contributed by atoms with Gasteiger partial charge in [0, 0.05) is 6.04 Å². The number of hydrogen-bond acceptors (Lipinski definition) is 4. The molecule has 0 unspecified atom stereocenters. The summed E-state index contributed by atoms with van der Waals surface area (Å²) in [5.41, 5.74) is 1.68. The summed E-state index contributed by atoms with van der Waals surface area (Å²) < 4.78 is 11.3. The Kier molecular flexibility index (Phi) is 5.43. The van der Waals surface area contributed by atoms with Crippen LogP contribution in [0.25, 0.3) is 0 Å². The Morgan fingerprint density at radius 1 is 1.15 bits per heavy atom. The van der Waals surface area contributed by atoms with E-state index in [1.54, 1.807) is 18.2 Å². The van der Waals surface area contributed by atoms with Gasteiger partial charge in [-0.25, -0.2) is 0 Å². The summed E-state index contributed by atoms with van der Waals surface area (Å²) in [4.78, 5) is 14.7. The standard InChI is InChI=1S/C20H20Cl2N2O3/c21-14-3-1-4-15(20(14)22)23-19(25)12-24-8-2-5-16(24)13-6-7-17-18(11-13)27-10-9-26-17/h1,3-4,6-7,11,16H,2,5,8-10,12H2,(H,23,25)/t16-/m1/s1. The van der Waals surface area contributed by atoms with Crippen molar-refractivity contribution in [1.29, 1.82) is 0 Å². The lowest BCUT2D eigenvalue weighted by Crippen LogP contribution is -2.33. The largest absolute Gasteiger partial charge is 0.486 e. The quantitative estimate of drug-likeness (QED) is 0.809. The third kappa shape index (κ3) is 4.00. The predicted molar refractivity (Wildman–Crippen MR) is 106 cm³/mol. The first-order valence-corrected chi connectivity index (χ1v) is 9.75. The second-order valence-electron chi connectivity index (χ2n) is 6.68. The van der Waals surface area contributed by atoms with E-state index in [0.717, 1.165) is 36.4 Å². The topological polar surface area (TPSA) is 50.8 Å². The molecule has 1 atom stereocenters. The number of fused-ring (bicyclic) bond motifs is 1. The van der Waals surface area contributed by atoms with Crippen LogP contribution in [0.5, 0.6) is 11.5 Å². The summed E-state index contributed by atoms with van der Waals surface area (Å²) in [7, 11) is 0. The highest BCUT2D eigenvalue weighted by molar-refractivity contribution is 6.44. The van der Waals surface area contributed by atoms with Gasteiger partial charge in [-0.2, -0.15) is 0 Å². The first kappa shape index (κ1) is 18.4. The summed E-state index contributed by atoms with van der Waals surface area (Å²) in [6, 6.07) is 11.4. The van der Waals surface area contributed by atoms with Gasteiger partial charge in [0.15, 0.2) is 11.5 Å². The Morgan fingerprint density at radius 2 is 1.96 bits per heavy atom. The molecule has 2 heterocycles. The zero-order chi connectivity index (χ0) is 18.8. The molecular weight excluding hydrogens is 387 g/mol. The third-order valence-corrected chi connectivity index (χ3v) is 5.71. The lowest BCUT2D eigenvalue weighted by atomic mass is 10.0. The van der Waals surface area contributed by atoms with E-state index in [4.69, 9.17) is 32.7 Å². The number of amides is 1. The predicted octanol–water partition coefficient (Wildman–Crippen LogP) is 4.54. The van der Waals surface area contributed by atoms with Crippen molar-refractivity contribution < 1.29 is 14.3 Å². The molecule has 0 aromatic heterocycles. The highest BCUT2D eigenvalue weighted by atomic mass is 35.5. The summed E-state index contributed by atoms with van der Waals surface area (Å²) in [6.45, 7) is 2.31. The van der Waals surface area contributed by atoms with Crippen molar-refractivity contribution in [2.75, 3.05) is 31.6 Å². The second-order valence-corrected chi connectivity index (χ2v) is 7.47. The number of hydrogen-bond donors (Lipinski definition) is 1. The normalized spacial score (nSPS) is 19.1. The summed E-state index contributed by atoms with van der Waals surface area (Å²) >= 11 is 12.2. The number of carbonyl (C=O) groups excluding carboxylic acids is 1. The van der Waals surface area contributed by atoms with E-state index < -0.39 is 0 Å². The summed E-state index contributed by atoms with van der Waals surface area (Å²) in [5.74, 6) is 1.45. The van der Waals surface area contributed by atoms with Crippen LogP contribution in [0.3, 0.4) is 0 Å². The van der Waals surface area contributed by atoms with Crippen LogP contribution in [0.4, 0.5) is 5.69 Å². The Hall–Kier alpha value is -1.95. The van der Waals surface area contributed by atoms with Gasteiger partial charge < -0.3 is 14.8 Å². The Labute approximate surface area is 168 Å². The van der Waals surface area contributed by atoms with Crippen molar-refractivity contribution >= 4 is 34.8 Å². The molecule has 2 aliphatic rings. The number of rotatable bonds is 4. The van der Waals surface area contributed by atoms with Gasteiger partial charge in [0.05, 0.1) is 22.3 Å². The first-order valence-electron chi connectivity index (χ1n) is 8.99. The molecule has 2 aromatic rings. The number of nitrogens with one attached hydrogen (secondary N) is 1. The van der Waals surface area contributed by atoms with Gasteiger partial charge in [-0.1, -0.05) is 35.3 Å². The van der Waals surface area contributed by atoms with E-state index in [1.807, 2.05) is 12.1 Å². The number of likely N-dealkylation sites (tertiary alicyclic amines) is 1. The maximum Gasteiger partial charge on any atom is 0.238 e. The zero-order valence-electron chi connectivity index (χ0n) is 14.7. The maximum absolute atomic E-state index is 12.5. The highest BCUT2D eigenvalue weighted by Gasteiger charge is 2.29. The SMILES string of the molecule is O=C(CN1CCC[C@@H]1c1ccc2c(c1)OCCO2)Nc1cccc(Cl)c1Cl. The van der Waals surface area contributed by atoms with Gasteiger partial charge in [0.25, 0.3) is 0 Å². The first-order chi connectivity index (χ1) is 13.1. The average molecular weight is 407 g/mol. The van der Waals surface area contributed by atoms with Gasteiger partial charge in [-0.3, -0.25) is 9.69 Å². The lowest BCUT2D eigenvalue weighted by Gasteiger charge is -2.26. The van der Waals surface area contributed by atoms with E-state index in [0.29, 0.717) is 35.5 Å². The van der Waals surface area contributed by atoms with Crippen LogP contribution in [0.1, 0.15) is 24.4 Å². The fraction of sp³-hybridized carbons (Fsp3) is 0.350. The number of carbonyl (C=O) groups is 1. The van der Waals surface area contributed by atoms with E-state index >= 15 is 0 Å². The molecule has 1 fully saturated rings. The van der Waals surface area contributed by atoms with Crippen molar-refractivity contribution in [3.63, 3.8) is 0 Å². The molecule has 27 heavy (non-hydrogen) atoms. The van der Waals surface area contributed by atoms with Crippen molar-refractivity contribution in [2.24, 2.45) is 0 Å². The molecule has 142 valence electrons. The van der Waals surface area contributed by atoms with Gasteiger partial charge >= 0.3 is 0 Å². The number of benzene rings is 2. The highest BCUT2D eigenvalue weighted by Crippen LogP contribution is 2.38. The molecule has 5 nitrogen and oxygen atoms in total. The Morgan fingerprint density at radius 3 is 2.81 bits per heavy atom. The molecule has 1 N–H and O–H groups in total. The second kappa shape index (κ2) is 7.97. The molecule has 4 rings (SSSR count). The molecule has 2 aromatic carbocycles. The number of halogens is 2. The third-order valence-electron chi connectivity index (χ3n) is 4.89. The summed E-state index contributed by atoms with van der Waals surface area (Å²) in [6.07, 6.45) is 2.05.